The number of nitrogens with two attached hydrogens (primary N) is 1. The van der Waals surface area contributed by atoms with Crippen molar-refractivity contribution in [3.8, 4) is 0 Å². The van der Waals surface area contributed by atoms with E-state index in [1.165, 1.54) is 36.4 Å². The van der Waals surface area contributed by atoms with Crippen LogP contribution < -0.4 is 15.8 Å². The number of nitrogens with one attached hydrogen (secondary N) is 2. The summed E-state index contributed by atoms with van der Waals surface area (Å²) in [6, 6.07) is 10.4. The molecule has 0 aliphatic heterocycles. The standard InChI is InChI=1S/C21H22FN3O5S/c1-2-30-21(27)17-11-12-18(24-15-7-5-14(22)6-8-15)19(17)25-20(26)13-3-9-16(10-4-13)31(23,28)29/h3-10,18,24H,2,11-12H2,1H3,(H,25,26)(H2,23,28,29). The van der Waals surface area contributed by atoms with Crippen LogP contribution in [-0.2, 0) is 19.6 Å². The summed E-state index contributed by atoms with van der Waals surface area (Å²) in [6.45, 7) is 1.88. The molecule has 10 heteroatoms. The van der Waals surface area contributed by atoms with Crippen molar-refractivity contribution < 1.29 is 27.1 Å². The lowest BCUT2D eigenvalue weighted by atomic mass is 10.1. The second kappa shape index (κ2) is 9.27. The maximum atomic E-state index is 13.2. The van der Waals surface area contributed by atoms with E-state index in [4.69, 9.17) is 9.88 Å². The molecule has 1 unspecified atom stereocenters. The Kier molecular flexibility index (Phi) is 6.71. The summed E-state index contributed by atoms with van der Waals surface area (Å²) in [5, 5.41) is 11.0. The third-order valence-electron chi connectivity index (χ3n) is 4.76. The first-order valence-corrected chi connectivity index (χ1v) is 11.1. The van der Waals surface area contributed by atoms with Gasteiger partial charge in [-0.25, -0.2) is 22.7 Å². The van der Waals surface area contributed by atoms with Crippen LogP contribution in [0.5, 0.6) is 0 Å². The summed E-state index contributed by atoms with van der Waals surface area (Å²) in [4.78, 5) is 25.0. The highest BCUT2D eigenvalue weighted by molar-refractivity contribution is 7.89. The number of halogens is 1. The lowest BCUT2D eigenvalue weighted by Crippen LogP contribution is -2.33. The molecule has 3 rings (SSSR count). The summed E-state index contributed by atoms with van der Waals surface area (Å²) >= 11 is 0. The second-order valence-corrected chi connectivity index (χ2v) is 8.44. The molecule has 0 bridgehead atoms. The van der Waals surface area contributed by atoms with Crippen LogP contribution in [-0.4, -0.2) is 32.9 Å². The molecule has 0 radical (unpaired) electrons. The van der Waals surface area contributed by atoms with Gasteiger partial charge in [-0.3, -0.25) is 4.79 Å². The zero-order valence-corrected chi connectivity index (χ0v) is 17.5. The van der Waals surface area contributed by atoms with Gasteiger partial charge in [0, 0.05) is 11.3 Å². The van der Waals surface area contributed by atoms with E-state index >= 15 is 0 Å². The number of hydrogen-bond acceptors (Lipinski definition) is 6. The Labute approximate surface area is 179 Å². The van der Waals surface area contributed by atoms with Crippen molar-refractivity contribution in [3.05, 3.63) is 71.2 Å². The Morgan fingerprint density at radius 3 is 2.35 bits per heavy atom. The van der Waals surface area contributed by atoms with Gasteiger partial charge in [0.15, 0.2) is 0 Å². The highest BCUT2D eigenvalue weighted by atomic mass is 32.2. The van der Waals surface area contributed by atoms with E-state index < -0.39 is 27.9 Å². The zero-order chi connectivity index (χ0) is 22.6. The van der Waals surface area contributed by atoms with Crippen molar-refractivity contribution in [2.24, 2.45) is 5.14 Å². The number of benzene rings is 2. The highest BCUT2D eigenvalue weighted by Gasteiger charge is 2.31. The predicted molar refractivity (Wildman–Crippen MR) is 112 cm³/mol. The number of sulfonamides is 1. The molecular formula is C21H22FN3O5S. The summed E-state index contributed by atoms with van der Waals surface area (Å²) < 4.78 is 41.1. The maximum Gasteiger partial charge on any atom is 0.335 e. The van der Waals surface area contributed by atoms with E-state index in [0.29, 0.717) is 29.8 Å². The number of anilines is 1. The second-order valence-electron chi connectivity index (χ2n) is 6.88. The zero-order valence-electron chi connectivity index (χ0n) is 16.7. The Bertz CT molecular complexity index is 1110. The van der Waals surface area contributed by atoms with Gasteiger partial charge in [-0.05, 0) is 68.3 Å². The molecule has 0 spiro atoms. The van der Waals surface area contributed by atoms with Crippen LogP contribution in [0, 0.1) is 5.82 Å². The van der Waals surface area contributed by atoms with Crippen LogP contribution in [0.3, 0.4) is 0 Å². The average molecular weight is 447 g/mol. The number of rotatable bonds is 7. The Balaban J connectivity index is 1.85. The van der Waals surface area contributed by atoms with E-state index in [1.807, 2.05) is 0 Å². The number of carbonyl (C=O) groups excluding carboxylic acids is 2. The van der Waals surface area contributed by atoms with E-state index in [-0.39, 0.29) is 22.9 Å². The Morgan fingerprint density at radius 1 is 1.13 bits per heavy atom. The lowest BCUT2D eigenvalue weighted by molar-refractivity contribution is -0.138. The number of esters is 1. The Morgan fingerprint density at radius 2 is 1.77 bits per heavy atom. The van der Waals surface area contributed by atoms with Crippen molar-refractivity contribution in [3.63, 3.8) is 0 Å². The van der Waals surface area contributed by atoms with Crippen molar-refractivity contribution in [2.75, 3.05) is 11.9 Å². The molecule has 2 aromatic rings. The van der Waals surface area contributed by atoms with Crippen LogP contribution in [0.25, 0.3) is 0 Å². The SMILES string of the molecule is CCOC(=O)C1=C(NC(=O)c2ccc(S(N)(=O)=O)cc2)C(Nc2ccc(F)cc2)CC1. The van der Waals surface area contributed by atoms with Crippen molar-refractivity contribution in [2.45, 2.75) is 30.7 Å². The summed E-state index contributed by atoms with van der Waals surface area (Å²) in [5.74, 6) is -1.42. The first kappa shape index (κ1) is 22.4. The fourth-order valence-corrected chi connectivity index (χ4v) is 3.77. The molecule has 0 saturated carbocycles. The smallest absolute Gasteiger partial charge is 0.335 e. The van der Waals surface area contributed by atoms with Crippen LogP contribution >= 0.6 is 0 Å². The molecule has 0 fully saturated rings. The van der Waals surface area contributed by atoms with Gasteiger partial charge in [0.2, 0.25) is 10.0 Å². The number of primary sulfonamides is 1. The van der Waals surface area contributed by atoms with Gasteiger partial charge in [0.1, 0.15) is 5.82 Å². The normalized spacial score (nSPS) is 16.2. The van der Waals surface area contributed by atoms with Gasteiger partial charge >= 0.3 is 5.97 Å². The molecule has 164 valence electrons. The first-order valence-electron chi connectivity index (χ1n) is 9.55. The molecule has 1 atom stereocenters. The largest absolute Gasteiger partial charge is 0.463 e. The van der Waals surface area contributed by atoms with Crippen molar-refractivity contribution in [1.29, 1.82) is 0 Å². The van der Waals surface area contributed by atoms with Crippen molar-refractivity contribution in [1.82, 2.24) is 5.32 Å². The molecule has 0 heterocycles. The molecular weight excluding hydrogens is 425 g/mol. The molecule has 4 N–H and O–H groups in total. The van der Waals surface area contributed by atoms with Gasteiger partial charge in [-0.1, -0.05) is 0 Å². The van der Waals surface area contributed by atoms with E-state index in [2.05, 4.69) is 10.6 Å². The molecule has 1 amide bonds. The summed E-state index contributed by atoms with van der Waals surface area (Å²) in [7, 11) is -3.88. The highest BCUT2D eigenvalue weighted by Crippen LogP contribution is 2.29. The van der Waals surface area contributed by atoms with Crippen LogP contribution in [0.2, 0.25) is 0 Å². The van der Waals surface area contributed by atoms with E-state index in [0.717, 1.165) is 0 Å². The fraction of sp³-hybridized carbons (Fsp3) is 0.238. The van der Waals surface area contributed by atoms with Crippen molar-refractivity contribution >= 4 is 27.6 Å². The topological polar surface area (TPSA) is 128 Å². The maximum absolute atomic E-state index is 13.2. The minimum atomic E-state index is -3.88. The number of hydrogen-bond donors (Lipinski definition) is 3. The van der Waals surface area contributed by atoms with Gasteiger partial charge in [-0.2, -0.15) is 0 Å². The van der Waals surface area contributed by atoms with Gasteiger partial charge in [0.05, 0.1) is 28.8 Å². The number of amides is 1. The Hall–Kier alpha value is -3.24. The number of carbonyl (C=O) groups is 2. The predicted octanol–water partition coefficient (Wildman–Crippen LogP) is 2.29. The monoisotopic (exact) mass is 447 g/mol. The molecule has 0 aromatic heterocycles. The van der Waals surface area contributed by atoms with Crippen LogP contribution in [0.15, 0.2) is 64.7 Å². The van der Waals surface area contributed by atoms with E-state index in [9.17, 15) is 22.4 Å². The van der Waals surface area contributed by atoms with Gasteiger partial charge in [-0.15, -0.1) is 0 Å². The molecule has 1 aliphatic rings. The third kappa shape index (κ3) is 5.47. The molecule has 2 aromatic carbocycles. The number of ether oxygens (including phenoxy) is 1. The lowest BCUT2D eigenvalue weighted by Gasteiger charge is -2.20. The van der Waals surface area contributed by atoms with Gasteiger partial charge in [0.25, 0.3) is 5.91 Å². The molecule has 1 aliphatic carbocycles. The average Bonchev–Trinajstić information content (AvgIpc) is 3.11. The van der Waals surface area contributed by atoms with E-state index in [1.54, 1.807) is 19.1 Å². The third-order valence-corrected chi connectivity index (χ3v) is 5.69. The molecule has 8 nitrogen and oxygen atoms in total. The van der Waals surface area contributed by atoms with Crippen LogP contribution in [0.1, 0.15) is 30.1 Å². The summed E-state index contributed by atoms with van der Waals surface area (Å²) in [6.07, 6.45) is 0.906. The fourth-order valence-electron chi connectivity index (χ4n) is 3.25. The summed E-state index contributed by atoms with van der Waals surface area (Å²) in [5.41, 5.74) is 1.52. The quantitative estimate of drug-likeness (QED) is 0.559. The molecule has 0 saturated heterocycles. The van der Waals surface area contributed by atoms with Crippen LogP contribution in [0.4, 0.5) is 10.1 Å². The first-order chi connectivity index (χ1) is 14.7. The minimum Gasteiger partial charge on any atom is -0.463 e. The minimum absolute atomic E-state index is 0.118. The van der Waals surface area contributed by atoms with Gasteiger partial charge < -0.3 is 15.4 Å². The molecule has 31 heavy (non-hydrogen) atoms.